The van der Waals surface area contributed by atoms with E-state index in [1.165, 1.54) is 25.4 Å². The summed E-state index contributed by atoms with van der Waals surface area (Å²) in [5, 5.41) is 2.53. The molecule has 0 spiro atoms. The zero-order valence-corrected chi connectivity index (χ0v) is 13.9. The van der Waals surface area contributed by atoms with Crippen molar-refractivity contribution in [3.63, 3.8) is 0 Å². The summed E-state index contributed by atoms with van der Waals surface area (Å²) in [5.74, 6) is -2.98. The summed E-state index contributed by atoms with van der Waals surface area (Å²) in [6.45, 7) is -0.324. The number of carbonyl (C=O) groups is 1. The van der Waals surface area contributed by atoms with Crippen molar-refractivity contribution in [2.45, 2.75) is 17.7 Å². The topological polar surface area (TPSA) is 92.3 Å². The molecule has 2 aromatic rings. The first-order valence-electron chi connectivity index (χ1n) is 7.24. The number of nitrogens with zero attached hydrogens (tertiary/aromatic N) is 3. The lowest BCUT2D eigenvalue weighted by Crippen LogP contribution is -2.58. The lowest BCUT2D eigenvalue weighted by Gasteiger charge is -2.37. The monoisotopic (exact) mass is 368 g/mol. The summed E-state index contributed by atoms with van der Waals surface area (Å²) >= 11 is 0. The summed E-state index contributed by atoms with van der Waals surface area (Å²) in [6, 6.07) is 4.54. The highest BCUT2D eigenvalue weighted by molar-refractivity contribution is 7.89. The molecule has 1 saturated heterocycles. The molecule has 1 aliphatic heterocycles. The summed E-state index contributed by atoms with van der Waals surface area (Å²) in [7, 11) is -4.03. The van der Waals surface area contributed by atoms with E-state index in [1.807, 2.05) is 0 Å². The minimum absolute atomic E-state index is 0.168. The molecule has 7 nitrogen and oxygen atoms in total. The predicted molar refractivity (Wildman–Crippen MR) is 85.5 cm³/mol. The largest absolute Gasteiger partial charge is 0.311 e. The highest BCUT2D eigenvalue weighted by Gasteiger charge is 2.49. The van der Waals surface area contributed by atoms with Crippen LogP contribution < -0.4 is 5.32 Å². The Labute approximate surface area is 142 Å². The van der Waals surface area contributed by atoms with Gasteiger partial charge in [-0.2, -0.15) is 4.31 Å². The minimum Gasteiger partial charge on any atom is -0.311 e. The number of nitrogens with one attached hydrogen (secondary N) is 1. The van der Waals surface area contributed by atoms with Gasteiger partial charge >= 0.3 is 0 Å². The number of sulfonamides is 1. The first-order valence-corrected chi connectivity index (χ1v) is 8.68. The van der Waals surface area contributed by atoms with Crippen LogP contribution in [-0.4, -0.2) is 47.6 Å². The van der Waals surface area contributed by atoms with Gasteiger partial charge in [-0.25, -0.2) is 22.2 Å². The number of rotatable bonds is 4. The van der Waals surface area contributed by atoms with Gasteiger partial charge in [0.15, 0.2) is 0 Å². The third-order valence-electron chi connectivity index (χ3n) is 3.56. The highest BCUT2D eigenvalue weighted by Crippen LogP contribution is 2.33. The van der Waals surface area contributed by atoms with Crippen LogP contribution in [0.15, 0.2) is 41.7 Å². The molecule has 2 aromatic heterocycles. The fourth-order valence-corrected chi connectivity index (χ4v) is 3.85. The molecule has 0 aliphatic carbocycles. The van der Waals surface area contributed by atoms with E-state index in [-0.39, 0.29) is 10.8 Å². The van der Waals surface area contributed by atoms with Crippen LogP contribution in [0.1, 0.15) is 6.92 Å². The summed E-state index contributed by atoms with van der Waals surface area (Å²) < 4.78 is 51.4. The van der Waals surface area contributed by atoms with Gasteiger partial charge < -0.3 is 5.32 Å². The lowest BCUT2D eigenvalue weighted by atomic mass is 10.1. The first-order chi connectivity index (χ1) is 11.7. The van der Waals surface area contributed by atoms with E-state index >= 15 is 0 Å². The number of halogens is 2. The Balaban J connectivity index is 1.91. The van der Waals surface area contributed by atoms with Crippen LogP contribution in [-0.2, 0) is 14.8 Å². The number of aromatic nitrogens is 2. The average molecular weight is 368 g/mol. The average Bonchev–Trinajstić information content (AvgIpc) is 2.52. The highest BCUT2D eigenvalue weighted by atomic mass is 32.2. The zero-order chi connectivity index (χ0) is 18.2. The van der Waals surface area contributed by atoms with E-state index in [1.54, 1.807) is 12.1 Å². The molecule has 3 rings (SSSR count). The quantitative estimate of drug-likeness (QED) is 0.887. The number of hydrogen-bond acceptors (Lipinski definition) is 5. The minimum atomic E-state index is -4.03. The smallest absolute Gasteiger partial charge is 0.275 e. The second kappa shape index (κ2) is 6.12. The second-order valence-electron chi connectivity index (χ2n) is 5.65. The molecule has 0 bridgehead atoms. The number of hydrogen-bond donors (Lipinski definition) is 1. The fraction of sp³-hybridized carbons (Fsp3) is 0.267. The third-order valence-corrected chi connectivity index (χ3v) is 5.32. The van der Waals surface area contributed by atoms with Crippen molar-refractivity contribution in [3.05, 3.63) is 36.8 Å². The van der Waals surface area contributed by atoms with Gasteiger partial charge in [0.05, 0.1) is 13.1 Å². The third kappa shape index (κ3) is 3.64. The van der Waals surface area contributed by atoms with Crippen molar-refractivity contribution in [3.8, 4) is 11.1 Å². The normalized spacial score (nSPS) is 16.9. The molecule has 10 heteroatoms. The molecule has 132 valence electrons. The first kappa shape index (κ1) is 17.4. The van der Waals surface area contributed by atoms with Crippen LogP contribution in [0.2, 0.25) is 0 Å². The molecular weight excluding hydrogens is 354 g/mol. The van der Waals surface area contributed by atoms with E-state index in [2.05, 4.69) is 15.3 Å². The standard InChI is InChI=1S/C15H14F2N4O3S/c1-10(22)20-14-5-11(2-3-19-14)12-4-13(7-18-6-12)25(23,24)21-8-15(16,17)9-21/h2-7H,8-9H2,1H3,(H,19,20,22). The van der Waals surface area contributed by atoms with E-state index in [0.717, 1.165) is 6.20 Å². The Kier molecular flexibility index (Phi) is 4.25. The van der Waals surface area contributed by atoms with Crippen molar-refractivity contribution in [2.75, 3.05) is 18.4 Å². The molecule has 0 radical (unpaired) electrons. The van der Waals surface area contributed by atoms with Gasteiger partial charge in [-0.3, -0.25) is 9.78 Å². The molecule has 25 heavy (non-hydrogen) atoms. The van der Waals surface area contributed by atoms with E-state index in [4.69, 9.17) is 0 Å². The molecule has 1 amide bonds. The number of pyridine rings is 2. The molecular formula is C15H14F2N4O3S. The number of anilines is 1. The molecule has 3 heterocycles. The van der Waals surface area contributed by atoms with Crippen LogP contribution in [0.3, 0.4) is 0 Å². The SMILES string of the molecule is CC(=O)Nc1cc(-c2cncc(S(=O)(=O)N3CC(F)(F)C3)c2)ccn1. The molecule has 0 unspecified atom stereocenters. The van der Waals surface area contributed by atoms with Crippen molar-refractivity contribution in [2.24, 2.45) is 0 Å². The number of amides is 1. The molecule has 1 fully saturated rings. The van der Waals surface area contributed by atoms with Gasteiger partial charge in [0.2, 0.25) is 15.9 Å². The van der Waals surface area contributed by atoms with Gasteiger partial charge in [-0.15, -0.1) is 0 Å². The Morgan fingerprint density at radius 3 is 2.60 bits per heavy atom. The second-order valence-corrected chi connectivity index (χ2v) is 7.59. The van der Waals surface area contributed by atoms with Crippen LogP contribution in [0, 0.1) is 0 Å². The maximum Gasteiger partial charge on any atom is 0.275 e. The Hall–Kier alpha value is -2.46. The molecule has 0 aromatic carbocycles. The zero-order valence-electron chi connectivity index (χ0n) is 13.1. The molecule has 0 saturated carbocycles. The van der Waals surface area contributed by atoms with Gasteiger partial charge in [0, 0.05) is 31.1 Å². The van der Waals surface area contributed by atoms with Gasteiger partial charge in [-0.1, -0.05) is 0 Å². The number of carbonyl (C=O) groups excluding carboxylic acids is 1. The van der Waals surface area contributed by atoms with Crippen molar-refractivity contribution >= 4 is 21.7 Å². The van der Waals surface area contributed by atoms with Crippen LogP contribution in [0.5, 0.6) is 0 Å². The summed E-state index contributed by atoms with van der Waals surface area (Å²) in [5.41, 5.74) is 1.04. The maximum absolute atomic E-state index is 13.0. The molecule has 0 atom stereocenters. The van der Waals surface area contributed by atoms with Gasteiger partial charge in [0.1, 0.15) is 10.7 Å². The summed E-state index contributed by atoms with van der Waals surface area (Å²) in [4.78, 5) is 18.8. The van der Waals surface area contributed by atoms with Gasteiger partial charge in [-0.05, 0) is 23.8 Å². The predicted octanol–water partition coefficient (Wildman–Crippen LogP) is 1.74. The Morgan fingerprint density at radius 1 is 1.24 bits per heavy atom. The molecule has 1 aliphatic rings. The number of alkyl halides is 2. The van der Waals surface area contributed by atoms with Crippen molar-refractivity contribution < 1.29 is 22.0 Å². The van der Waals surface area contributed by atoms with Gasteiger partial charge in [0.25, 0.3) is 5.92 Å². The molecule has 1 N–H and O–H groups in total. The van der Waals surface area contributed by atoms with E-state index < -0.39 is 29.0 Å². The van der Waals surface area contributed by atoms with E-state index in [9.17, 15) is 22.0 Å². The van der Waals surface area contributed by atoms with Crippen LogP contribution in [0.4, 0.5) is 14.6 Å². The fourth-order valence-electron chi connectivity index (χ4n) is 2.37. The van der Waals surface area contributed by atoms with Crippen LogP contribution >= 0.6 is 0 Å². The lowest BCUT2D eigenvalue weighted by molar-refractivity contribution is -0.114. The Bertz CT molecular complexity index is 926. The van der Waals surface area contributed by atoms with Crippen molar-refractivity contribution in [1.29, 1.82) is 0 Å². The van der Waals surface area contributed by atoms with Crippen molar-refractivity contribution in [1.82, 2.24) is 14.3 Å². The summed E-state index contributed by atoms with van der Waals surface area (Å²) in [6.07, 6.45) is 4.01. The van der Waals surface area contributed by atoms with E-state index in [0.29, 0.717) is 21.2 Å². The maximum atomic E-state index is 13.0. The Morgan fingerprint density at radius 2 is 1.96 bits per heavy atom. The van der Waals surface area contributed by atoms with Crippen LogP contribution in [0.25, 0.3) is 11.1 Å².